The normalized spacial score (nSPS) is 13.1. The number of nitrogens with zero attached hydrogens (tertiary/aromatic N) is 2. The van der Waals surface area contributed by atoms with Crippen molar-refractivity contribution >= 4 is 29.1 Å². The minimum Gasteiger partial charge on any atom is -0.489 e. The Balaban J connectivity index is 1.69. The van der Waals surface area contributed by atoms with E-state index >= 15 is 0 Å². The second-order valence-electron chi connectivity index (χ2n) is 7.06. The lowest BCUT2D eigenvalue weighted by atomic mass is 10.0. The molecule has 158 valence electrons. The Labute approximate surface area is 185 Å². The molecule has 1 aromatic heterocycles. The third-order valence-corrected chi connectivity index (χ3v) is 5.59. The molecule has 6 nitrogen and oxygen atoms in total. The van der Waals surface area contributed by atoms with Crippen molar-refractivity contribution in [1.82, 2.24) is 9.55 Å². The number of para-hydroxylation sites is 1. The molecule has 8 heteroatoms. The first kappa shape index (κ1) is 22.2. The number of aromatic nitrogens is 2. The van der Waals surface area contributed by atoms with E-state index in [0.717, 1.165) is 16.9 Å². The average Bonchev–Trinajstić information content (AvgIpc) is 3.20. The standard InChI is InChI=1S/C22H23Cl2N3O3/c1-14(28)20(27-11-19(22(25)29)26-13-27)9-7-16-4-2-3-5-21(16)30-12-15-6-8-17(23)18(24)10-15/h2-6,8,10-11,13-14,20,28H,7,9,12H2,1H3,(H2,25,29)/t14-,20+/m0/s1. The van der Waals surface area contributed by atoms with Crippen molar-refractivity contribution < 1.29 is 14.6 Å². The minimum atomic E-state index is -0.635. The van der Waals surface area contributed by atoms with Crippen LogP contribution in [0.5, 0.6) is 5.75 Å². The van der Waals surface area contributed by atoms with Gasteiger partial charge >= 0.3 is 0 Å². The Kier molecular flexibility index (Phi) is 7.37. The molecule has 0 spiro atoms. The lowest BCUT2D eigenvalue weighted by Crippen LogP contribution is -2.21. The van der Waals surface area contributed by atoms with Crippen molar-refractivity contribution in [2.45, 2.75) is 38.5 Å². The minimum absolute atomic E-state index is 0.172. The number of hydrogen-bond acceptors (Lipinski definition) is 4. The lowest BCUT2D eigenvalue weighted by molar-refractivity contribution is 0.0994. The van der Waals surface area contributed by atoms with Crippen LogP contribution in [0.25, 0.3) is 0 Å². The number of imidazole rings is 1. The van der Waals surface area contributed by atoms with Crippen molar-refractivity contribution in [2.24, 2.45) is 5.73 Å². The van der Waals surface area contributed by atoms with Gasteiger partial charge in [-0.25, -0.2) is 4.98 Å². The van der Waals surface area contributed by atoms with Crippen LogP contribution >= 0.6 is 23.2 Å². The monoisotopic (exact) mass is 447 g/mol. The Bertz CT molecular complexity index is 1020. The number of hydrogen-bond donors (Lipinski definition) is 2. The van der Waals surface area contributed by atoms with Crippen molar-refractivity contribution in [3.05, 3.63) is 81.9 Å². The molecule has 0 aliphatic heterocycles. The van der Waals surface area contributed by atoms with Crippen LogP contribution in [0.1, 0.15) is 41.0 Å². The summed E-state index contributed by atoms with van der Waals surface area (Å²) >= 11 is 12.0. The fourth-order valence-corrected chi connectivity index (χ4v) is 3.55. The smallest absolute Gasteiger partial charge is 0.268 e. The third kappa shape index (κ3) is 5.53. The van der Waals surface area contributed by atoms with Gasteiger partial charge in [-0.1, -0.05) is 47.5 Å². The fourth-order valence-electron chi connectivity index (χ4n) is 3.23. The maximum atomic E-state index is 11.3. The lowest BCUT2D eigenvalue weighted by Gasteiger charge is -2.22. The summed E-state index contributed by atoms with van der Waals surface area (Å²) in [6.45, 7) is 2.07. The zero-order valence-corrected chi connectivity index (χ0v) is 18.0. The highest BCUT2D eigenvalue weighted by atomic mass is 35.5. The van der Waals surface area contributed by atoms with E-state index in [9.17, 15) is 9.90 Å². The molecule has 30 heavy (non-hydrogen) atoms. The summed E-state index contributed by atoms with van der Waals surface area (Å²) in [5.74, 6) is 0.163. The predicted octanol–water partition coefficient (Wildman–Crippen LogP) is 4.42. The molecule has 0 aliphatic carbocycles. The van der Waals surface area contributed by atoms with E-state index in [-0.39, 0.29) is 11.7 Å². The van der Waals surface area contributed by atoms with E-state index in [2.05, 4.69) is 4.98 Å². The van der Waals surface area contributed by atoms with Gasteiger partial charge in [-0.05, 0) is 49.1 Å². The molecule has 2 atom stereocenters. The van der Waals surface area contributed by atoms with E-state index < -0.39 is 12.0 Å². The molecule has 0 unspecified atom stereocenters. The molecule has 0 radical (unpaired) electrons. The van der Waals surface area contributed by atoms with Gasteiger partial charge in [0.25, 0.3) is 5.91 Å². The Morgan fingerprint density at radius 2 is 2.00 bits per heavy atom. The molecule has 1 amide bonds. The van der Waals surface area contributed by atoms with Crippen LogP contribution in [0.15, 0.2) is 55.0 Å². The number of aryl methyl sites for hydroxylation is 1. The highest BCUT2D eigenvalue weighted by molar-refractivity contribution is 6.42. The molecule has 3 N–H and O–H groups in total. The highest BCUT2D eigenvalue weighted by Gasteiger charge is 2.19. The van der Waals surface area contributed by atoms with Crippen LogP contribution in [0.3, 0.4) is 0 Å². The number of nitrogens with two attached hydrogens (primary N) is 1. The molecule has 0 fully saturated rings. The van der Waals surface area contributed by atoms with Crippen LogP contribution in [-0.2, 0) is 13.0 Å². The van der Waals surface area contributed by atoms with Gasteiger partial charge in [-0.2, -0.15) is 0 Å². The molecule has 0 bridgehead atoms. The van der Waals surface area contributed by atoms with Gasteiger partial charge in [-0.3, -0.25) is 4.79 Å². The molecule has 2 aromatic carbocycles. The van der Waals surface area contributed by atoms with E-state index in [1.165, 1.54) is 6.33 Å². The fraction of sp³-hybridized carbons (Fsp3) is 0.273. The number of primary amides is 1. The van der Waals surface area contributed by atoms with Gasteiger partial charge in [0.1, 0.15) is 18.1 Å². The number of benzene rings is 2. The van der Waals surface area contributed by atoms with Crippen molar-refractivity contribution in [2.75, 3.05) is 0 Å². The summed E-state index contributed by atoms with van der Waals surface area (Å²) in [7, 11) is 0. The largest absolute Gasteiger partial charge is 0.489 e. The van der Waals surface area contributed by atoms with E-state index in [1.807, 2.05) is 30.3 Å². The summed E-state index contributed by atoms with van der Waals surface area (Å²) in [5.41, 5.74) is 7.38. The first-order chi connectivity index (χ1) is 14.3. The Morgan fingerprint density at radius 1 is 1.23 bits per heavy atom. The zero-order valence-electron chi connectivity index (χ0n) is 16.5. The number of halogens is 2. The van der Waals surface area contributed by atoms with Gasteiger partial charge in [0.15, 0.2) is 0 Å². The van der Waals surface area contributed by atoms with Gasteiger partial charge in [0.05, 0.1) is 28.5 Å². The first-order valence-corrected chi connectivity index (χ1v) is 10.3. The van der Waals surface area contributed by atoms with Gasteiger partial charge in [-0.15, -0.1) is 0 Å². The van der Waals surface area contributed by atoms with Crippen LogP contribution in [0.4, 0.5) is 0 Å². The number of carbonyl (C=O) groups excluding carboxylic acids is 1. The molecule has 3 aromatic rings. The molecule has 0 saturated carbocycles. The van der Waals surface area contributed by atoms with Crippen molar-refractivity contribution in [3.63, 3.8) is 0 Å². The van der Waals surface area contributed by atoms with Crippen LogP contribution in [-0.4, -0.2) is 26.7 Å². The first-order valence-electron chi connectivity index (χ1n) is 9.51. The molecule has 0 saturated heterocycles. The van der Waals surface area contributed by atoms with Crippen LogP contribution < -0.4 is 10.5 Å². The molecule has 3 rings (SSSR count). The second kappa shape index (κ2) is 9.98. The third-order valence-electron chi connectivity index (χ3n) is 4.85. The topological polar surface area (TPSA) is 90.4 Å². The summed E-state index contributed by atoms with van der Waals surface area (Å²) in [6.07, 6.45) is 3.73. The molecular weight excluding hydrogens is 425 g/mol. The number of aliphatic hydroxyl groups excluding tert-OH is 1. The van der Waals surface area contributed by atoms with Gasteiger partial charge in [0, 0.05) is 6.20 Å². The maximum absolute atomic E-state index is 11.3. The maximum Gasteiger partial charge on any atom is 0.268 e. The number of amides is 1. The van der Waals surface area contributed by atoms with E-state index in [4.69, 9.17) is 33.7 Å². The number of ether oxygens (including phenoxy) is 1. The van der Waals surface area contributed by atoms with Crippen molar-refractivity contribution in [3.8, 4) is 5.75 Å². The van der Waals surface area contributed by atoms with Gasteiger partial charge in [0.2, 0.25) is 0 Å². The summed E-state index contributed by atoms with van der Waals surface area (Å²) in [5, 5.41) is 11.2. The summed E-state index contributed by atoms with van der Waals surface area (Å²) in [4.78, 5) is 15.3. The molecule has 0 aliphatic rings. The van der Waals surface area contributed by atoms with Crippen LogP contribution in [0, 0.1) is 0 Å². The average molecular weight is 448 g/mol. The van der Waals surface area contributed by atoms with E-state index in [0.29, 0.717) is 29.5 Å². The number of aliphatic hydroxyl groups is 1. The number of rotatable bonds is 9. The second-order valence-corrected chi connectivity index (χ2v) is 7.88. The highest BCUT2D eigenvalue weighted by Crippen LogP contribution is 2.27. The van der Waals surface area contributed by atoms with Gasteiger partial charge < -0.3 is 20.1 Å². The predicted molar refractivity (Wildman–Crippen MR) is 117 cm³/mol. The van der Waals surface area contributed by atoms with Crippen molar-refractivity contribution in [1.29, 1.82) is 0 Å². The van der Waals surface area contributed by atoms with Crippen LogP contribution in [0.2, 0.25) is 10.0 Å². The van der Waals surface area contributed by atoms with E-state index in [1.54, 1.807) is 29.8 Å². The summed E-state index contributed by atoms with van der Waals surface area (Å²) in [6, 6.07) is 12.9. The zero-order chi connectivity index (χ0) is 21.7. The Morgan fingerprint density at radius 3 is 2.67 bits per heavy atom. The molecule has 1 heterocycles. The Hall–Kier alpha value is -2.54. The summed E-state index contributed by atoms with van der Waals surface area (Å²) < 4.78 is 7.73. The molecular formula is C22H23Cl2N3O3. The SMILES string of the molecule is C[C@H](O)[C@@H](CCc1ccccc1OCc1ccc(Cl)c(Cl)c1)n1cnc(C(N)=O)c1. The number of carbonyl (C=O) groups is 1. The quantitative estimate of drug-likeness (QED) is 0.507.